The zero-order chi connectivity index (χ0) is 41.9. The van der Waals surface area contributed by atoms with Crippen molar-refractivity contribution in [2.24, 2.45) is 0 Å². The van der Waals surface area contributed by atoms with Gasteiger partial charge in [0, 0.05) is 0 Å². The molecule has 0 radical (unpaired) electrons. The van der Waals surface area contributed by atoms with Gasteiger partial charge in [0.05, 0.1) is 25.4 Å². The quantitative estimate of drug-likeness (QED) is 0.0226. The number of hydrogen-bond acceptors (Lipinski definition) is 10. The van der Waals surface area contributed by atoms with Gasteiger partial charge in [-0.25, -0.2) is 0 Å². The molecule has 1 rings (SSSR count). The molecule has 0 spiro atoms. The second-order valence-corrected chi connectivity index (χ2v) is 16.8. The lowest BCUT2D eigenvalue weighted by Gasteiger charge is -2.40. The maximum absolute atomic E-state index is 12.9. The van der Waals surface area contributed by atoms with E-state index in [-0.39, 0.29) is 6.42 Å². The summed E-state index contributed by atoms with van der Waals surface area (Å²) in [6.45, 7) is 3.24. The second-order valence-electron chi connectivity index (χ2n) is 16.8. The highest BCUT2D eigenvalue weighted by Gasteiger charge is 2.44. The smallest absolute Gasteiger partial charge is 0.249 e. The molecule has 0 bridgehead atoms. The number of allylic oxidation sites excluding steroid dienone is 2. The van der Waals surface area contributed by atoms with Gasteiger partial charge in [0.2, 0.25) is 5.91 Å². The first-order valence-electron chi connectivity index (χ1n) is 23.6. The standard InChI is InChI=1S/C46H89NO10/c1-3-5-7-8-9-10-11-12-13-14-15-16-17-18-19-20-21-22-23-24-25-26-27-28-29-30-32-34-39(50)45(55)47-37(41(51)38(49)33-31-6-4-2)36-56-46-44(54)43(53)42(52)40(35-48)57-46/h18-19,37-44,46,48-54H,3-17,20-36H2,1-2H3,(H,47,55)/b19-18-. The number of unbranched alkanes of at least 4 members (excludes halogenated alkanes) is 25. The van der Waals surface area contributed by atoms with E-state index in [9.17, 15) is 40.5 Å². The monoisotopic (exact) mass is 816 g/mol. The predicted octanol–water partition coefficient (Wildman–Crippen LogP) is 7.67. The summed E-state index contributed by atoms with van der Waals surface area (Å²) in [4.78, 5) is 12.9. The number of ether oxygens (including phenoxy) is 2. The highest BCUT2D eigenvalue weighted by molar-refractivity contribution is 5.80. The molecular weight excluding hydrogens is 727 g/mol. The van der Waals surface area contributed by atoms with Crippen LogP contribution in [0, 0.1) is 0 Å². The Bertz CT molecular complexity index is 939. The Balaban J connectivity index is 2.14. The Morgan fingerprint density at radius 3 is 1.49 bits per heavy atom. The van der Waals surface area contributed by atoms with Crippen LogP contribution in [0.5, 0.6) is 0 Å². The van der Waals surface area contributed by atoms with Gasteiger partial charge in [-0.3, -0.25) is 4.79 Å². The Labute approximate surface area is 347 Å². The van der Waals surface area contributed by atoms with Gasteiger partial charge >= 0.3 is 0 Å². The van der Waals surface area contributed by atoms with Crippen molar-refractivity contribution in [1.82, 2.24) is 5.32 Å². The Morgan fingerprint density at radius 1 is 0.596 bits per heavy atom. The molecule has 0 saturated carbocycles. The van der Waals surface area contributed by atoms with Gasteiger partial charge in [0.25, 0.3) is 0 Å². The fourth-order valence-corrected chi connectivity index (χ4v) is 7.61. The minimum absolute atomic E-state index is 0.260. The minimum atomic E-state index is -1.66. The van der Waals surface area contributed by atoms with Crippen molar-refractivity contribution in [2.45, 2.75) is 262 Å². The molecule has 1 aliphatic heterocycles. The largest absolute Gasteiger partial charge is 0.394 e. The fourth-order valence-electron chi connectivity index (χ4n) is 7.61. The number of aliphatic hydroxyl groups is 7. The first-order chi connectivity index (χ1) is 27.7. The number of hydrogen-bond donors (Lipinski definition) is 8. The first kappa shape index (κ1) is 53.9. The lowest BCUT2D eigenvalue weighted by molar-refractivity contribution is -0.303. The molecule has 0 aromatic carbocycles. The molecule has 11 heteroatoms. The number of carbonyl (C=O) groups excluding carboxylic acids is 1. The van der Waals surface area contributed by atoms with E-state index in [0.717, 1.165) is 32.1 Å². The molecule has 1 aliphatic rings. The third-order valence-corrected chi connectivity index (χ3v) is 11.6. The summed E-state index contributed by atoms with van der Waals surface area (Å²) in [5.74, 6) is -0.706. The Hall–Kier alpha value is -1.15. The fraction of sp³-hybridized carbons (Fsp3) is 0.935. The van der Waals surface area contributed by atoms with E-state index in [1.807, 2.05) is 6.92 Å². The van der Waals surface area contributed by atoms with Crippen LogP contribution in [-0.2, 0) is 14.3 Å². The van der Waals surface area contributed by atoms with Crippen molar-refractivity contribution in [2.75, 3.05) is 13.2 Å². The molecule has 0 aromatic heterocycles. The van der Waals surface area contributed by atoms with Crippen LogP contribution < -0.4 is 5.32 Å². The third-order valence-electron chi connectivity index (χ3n) is 11.6. The molecule has 0 aliphatic carbocycles. The van der Waals surface area contributed by atoms with Crippen LogP contribution in [0.15, 0.2) is 12.2 Å². The van der Waals surface area contributed by atoms with E-state index >= 15 is 0 Å². The van der Waals surface area contributed by atoms with Crippen molar-refractivity contribution < 1.29 is 50.0 Å². The molecule has 0 aromatic rings. The van der Waals surface area contributed by atoms with Crippen LogP contribution in [0.3, 0.4) is 0 Å². The van der Waals surface area contributed by atoms with Gasteiger partial charge in [-0.2, -0.15) is 0 Å². The topological polar surface area (TPSA) is 189 Å². The van der Waals surface area contributed by atoms with Crippen molar-refractivity contribution in [1.29, 1.82) is 0 Å². The van der Waals surface area contributed by atoms with Crippen LogP contribution in [0.4, 0.5) is 0 Å². The van der Waals surface area contributed by atoms with Crippen molar-refractivity contribution in [3.05, 3.63) is 12.2 Å². The van der Waals surface area contributed by atoms with Crippen molar-refractivity contribution in [3.63, 3.8) is 0 Å². The molecule has 57 heavy (non-hydrogen) atoms. The number of carbonyl (C=O) groups is 1. The summed E-state index contributed by atoms with van der Waals surface area (Å²) in [6, 6.07) is -1.16. The third kappa shape index (κ3) is 26.6. The summed E-state index contributed by atoms with van der Waals surface area (Å²) in [5, 5.41) is 74.6. The zero-order valence-electron chi connectivity index (χ0n) is 36.3. The van der Waals surface area contributed by atoms with Crippen LogP contribution >= 0.6 is 0 Å². The number of rotatable bonds is 39. The summed E-state index contributed by atoms with van der Waals surface area (Å²) in [5.41, 5.74) is 0. The first-order valence-corrected chi connectivity index (χ1v) is 23.6. The molecule has 9 unspecified atom stereocenters. The average Bonchev–Trinajstić information content (AvgIpc) is 3.21. The number of aliphatic hydroxyl groups excluding tert-OH is 7. The summed E-state index contributed by atoms with van der Waals surface area (Å²) >= 11 is 0. The van der Waals surface area contributed by atoms with Gasteiger partial charge in [-0.05, 0) is 38.5 Å². The van der Waals surface area contributed by atoms with Crippen molar-refractivity contribution in [3.8, 4) is 0 Å². The molecule has 1 saturated heterocycles. The van der Waals surface area contributed by atoms with Crippen LogP contribution in [0.1, 0.15) is 206 Å². The van der Waals surface area contributed by atoms with Crippen LogP contribution in [0.25, 0.3) is 0 Å². The summed E-state index contributed by atoms with van der Waals surface area (Å²) < 4.78 is 11.0. The lowest BCUT2D eigenvalue weighted by Crippen LogP contribution is -2.60. The Kier molecular flexibility index (Phi) is 34.7. The molecule has 1 amide bonds. The van der Waals surface area contributed by atoms with Gasteiger partial charge in [-0.1, -0.05) is 180 Å². The van der Waals surface area contributed by atoms with Crippen LogP contribution in [-0.4, -0.2) is 110 Å². The van der Waals surface area contributed by atoms with E-state index in [1.165, 1.54) is 135 Å². The number of nitrogens with one attached hydrogen (secondary N) is 1. The summed E-state index contributed by atoms with van der Waals surface area (Å²) in [7, 11) is 0. The average molecular weight is 816 g/mol. The second kappa shape index (κ2) is 36.7. The van der Waals surface area contributed by atoms with Gasteiger partial charge < -0.3 is 50.5 Å². The van der Waals surface area contributed by atoms with Crippen molar-refractivity contribution >= 4 is 5.91 Å². The highest BCUT2D eigenvalue weighted by atomic mass is 16.7. The zero-order valence-corrected chi connectivity index (χ0v) is 36.3. The SMILES string of the molecule is CCCCCCCCCCCCCC/C=C\CCCCCCCCCCCCCC(O)C(=O)NC(COC1OC(CO)C(O)C(O)C1O)C(O)C(O)CCCCC. The summed E-state index contributed by atoms with van der Waals surface area (Å²) in [6.07, 6.45) is 28.3. The number of amides is 1. The highest BCUT2D eigenvalue weighted by Crippen LogP contribution is 2.23. The molecule has 8 N–H and O–H groups in total. The van der Waals surface area contributed by atoms with E-state index in [2.05, 4.69) is 24.4 Å². The Morgan fingerprint density at radius 2 is 1.02 bits per heavy atom. The van der Waals surface area contributed by atoms with Gasteiger partial charge in [0.15, 0.2) is 6.29 Å². The van der Waals surface area contributed by atoms with E-state index < -0.39 is 74.2 Å². The van der Waals surface area contributed by atoms with E-state index in [0.29, 0.717) is 19.3 Å². The lowest BCUT2D eigenvalue weighted by atomic mass is 9.98. The predicted molar refractivity (Wildman–Crippen MR) is 229 cm³/mol. The molecular formula is C46H89NO10. The van der Waals surface area contributed by atoms with Gasteiger partial charge in [-0.15, -0.1) is 0 Å². The van der Waals surface area contributed by atoms with E-state index in [1.54, 1.807) is 0 Å². The maximum atomic E-state index is 12.9. The van der Waals surface area contributed by atoms with Gasteiger partial charge in [0.1, 0.15) is 36.6 Å². The maximum Gasteiger partial charge on any atom is 0.249 e. The van der Waals surface area contributed by atoms with Crippen LogP contribution in [0.2, 0.25) is 0 Å². The normalized spacial score (nSPS) is 22.2. The van der Waals surface area contributed by atoms with E-state index in [4.69, 9.17) is 9.47 Å². The minimum Gasteiger partial charge on any atom is -0.394 e. The molecule has 11 nitrogen and oxygen atoms in total. The molecule has 9 atom stereocenters. The molecule has 338 valence electrons. The molecule has 1 fully saturated rings. The molecule has 1 heterocycles.